The van der Waals surface area contributed by atoms with E-state index in [1.54, 1.807) is 6.07 Å². The van der Waals surface area contributed by atoms with Crippen molar-refractivity contribution in [2.45, 2.75) is 6.36 Å². The van der Waals surface area contributed by atoms with E-state index in [2.05, 4.69) is 9.72 Å². The molecule has 0 amide bonds. The maximum absolute atomic E-state index is 11.8. The first-order valence-corrected chi connectivity index (χ1v) is 3.57. The third kappa shape index (κ3) is 2.95. The van der Waals surface area contributed by atoms with Crippen molar-refractivity contribution in [1.82, 2.24) is 4.98 Å². The van der Waals surface area contributed by atoms with E-state index in [-0.39, 0.29) is 11.8 Å². The van der Waals surface area contributed by atoms with Gasteiger partial charge in [-0.25, -0.2) is 4.98 Å². The number of pyridine rings is 1. The molecule has 0 radical (unpaired) electrons. The fourth-order valence-corrected chi connectivity index (χ4v) is 0.810. The molecule has 0 N–H and O–H groups in total. The fraction of sp³-hybridized carbons (Fsp3) is 0.125. The number of carbonyl (C=O) groups is 1. The van der Waals surface area contributed by atoms with Gasteiger partial charge in [-0.1, -0.05) is 0 Å². The number of aromatic nitrogens is 1. The lowest BCUT2D eigenvalue weighted by atomic mass is 10.2. The third-order valence-electron chi connectivity index (χ3n) is 1.35. The summed E-state index contributed by atoms with van der Waals surface area (Å²) in [4.78, 5) is 13.6. The van der Waals surface area contributed by atoms with Crippen LogP contribution in [0.2, 0.25) is 0 Å². The molecular formula is C8H3F3N2O2. The van der Waals surface area contributed by atoms with Gasteiger partial charge in [-0.05, 0) is 6.07 Å². The Balaban J connectivity index is 3.10. The van der Waals surface area contributed by atoms with Crippen LogP contribution >= 0.6 is 0 Å². The summed E-state index contributed by atoms with van der Waals surface area (Å²) in [6, 6.07) is 2.59. The summed E-state index contributed by atoms with van der Waals surface area (Å²) in [7, 11) is 0. The molecule has 0 aliphatic rings. The highest BCUT2D eigenvalue weighted by Crippen LogP contribution is 2.23. The second-order valence-electron chi connectivity index (χ2n) is 2.40. The number of alkyl halides is 3. The Kier molecular flexibility index (Phi) is 2.90. The van der Waals surface area contributed by atoms with Gasteiger partial charge in [0.1, 0.15) is 6.07 Å². The molecule has 1 aromatic rings. The number of nitrogens with zero attached hydrogens (tertiary/aromatic N) is 2. The van der Waals surface area contributed by atoms with Crippen molar-refractivity contribution >= 4 is 6.29 Å². The summed E-state index contributed by atoms with van der Waals surface area (Å²) < 4.78 is 38.9. The van der Waals surface area contributed by atoms with E-state index < -0.39 is 17.8 Å². The van der Waals surface area contributed by atoms with Gasteiger partial charge in [-0.15, -0.1) is 13.2 Å². The minimum Gasteiger partial charge on any atom is -0.387 e. The highest BCUT2D eigenvalue weighted by Gasteiger charge is 2.32. The Morgan fingerprint density at radius 3 is 2.67 bits per heavy atom. The lowest BCUT2D eigenvalue weighted by Crippen LogP contribution is -2.19. The second-order valence-corrected chi connectivity index (χ2v) is 2.40. The minimum absolute atomic E-state index is 0.0216. The monoisotopic (exact) mass is 216 g/mol. The molecule has 0 fully saturated rings. The molecule has 15 heavy (non-hydrogen) atoms. The number of aldehydes is 1. The Labute approximate surface area is 81.9 Å². The summed E-state index contributed by atoms with van der Waals surface area (Å²) >= 11 is 0. The molecule has 0 saturated carbocycles. The largest absolute Gasteiger partial charge is 0.574 e. The predicted molar refractivity (Wildman–Crippen MR) is 41.0 cm³/mol. The van der Waals surface area contributed by atoms with Gasteiger partial charge in [-0.2, -0.15) is 5.26 Å². The van der Waals surface area contributed by atoms with Crippen LogP contribution in [0.1, 0.15) is 15.9 Å². The van der Waals surface area contributed by atoms with Gasteiger partial charge in [0.15, 0.2) is 6.29 Å². The topological polar surface area (TPSA) is 63.0 Å². The van der Waals surface area contributed by atoms with Crippen molar-refractivity contribution in [3.05, 3.63) is 23.4 Å². The van der Waals surface area contributed by atoms with Gasteiger partial charge in [0, 0.05) is 6.20 Å². The maximum atomic E-state index is 11.8. The standard InChI is InChI=1S/C8H3F3N2O2/c9-8(10,11)15-7-6(4-14)1-5(2-12)3-13-7/h1,3-4H. The summed E-state index contributed by atoms with van der Waals surface area (Å²) in [6.45, 7) is 0. The van der Waals surface area contributed by atoms with E-state index in [4.69, 9.17) is 5.26 Å². The van der Waals surface area contributed by atoms with Crippen molar-refractivity contribution in [3.8, 4) is 11.9 Å². The Morgan fingerprint density at radius 2 is 2.20 bits per heavy atom. The minimum atomic E-state index is -4.92. The molecule has 0 saturated heterocycles. The molecular weight excluding hydrogens is 213 g/mol. The van der Waals surface area contributed by atoms with Crippen LogP contribution in [0.5, 0.6) is 5.88 Å². The number of halogens is 3. The molecule has 0 aliphatic carbocycles. The number of carbonyl (C=O) groups excluding carboxylic acids is 1. The first kappa shape index (κ1) is 11.0. The van der Waals surface area contributed by atoms with Crippen LogP contribution in [-0.2, 0) is 0 Å². The maximum Gasteiger partial charge on any atom is 0.574 e. The Bertz CT molecular complexity index is 423. The molecule has 1 heterocycles. The molecule has 4 nitrogen and oxygen atoms in total. The molecule has 0 atom stereocenters. The quantitative estimate of drug-likeness (QED) is 0.705. The van der Waals surface area contributed by atoms with Gasteiger partial charge in [0.25, 0.3) is 0 Å². The van der Waals surface area contributed by atoms with Gasteiger partial charge in [0.2, 0.25) is 5.88 Å². The van der Waals surface area contributed by atoms with E-state index in [1.807, 2.05) is 0 Å². The fourth-order valence-electron chi connectivity index (χ4n) is 0.810. The zero-order valence-corrected chi connectivity index (χ0v) is 7.08. The molecule has 0 spiro atoms. The van der Waals surface area contributed by atoms with Crippen molar-refractivity contribution in [1.29, 1.82) is 5.26 Å². The predicted octanol–water partition coefficient (Wildman–Crippen LogP) is 1.66. The first-order chi connectivity index (χ1) is 6.96. The molecule has 0 aromatic carbocycles. The van der Waals surface area contributed by atoms with Crippen LogP contribution in [0.15, 0.2) is 12.3 Å². The molecule has 7 heteroatoms. The summed E-state index contributed by atoms with van der Waals surface area (Å²) in [5.74, 6) is -0.864. The van der Waals surface area contributed by atoms with Gasteiger partial charge in [0.05, 0.1) is 11.1 Å². The van der Waals surface area contributed by atoms with Gasteiger partial charge >= 0.3 is 6.36 Å². The average molecular weight is 216 g/mol. The number of ether oxygens (including phenoxy) is 1. The number of rotatable bonds is 2. The third-order valence-corrected chi connectivity index (χ3v) is 1.35. The van der Waals surface area contributed by atoms with Crippen molar-refractivity contribution in [3.63, 3.8) is 0 Å². The van der Waals surface area contributed by atoms with Gasteiger partial charge < -0.3 is 4.74 Å². The van der Waals surface area contributed by atoms with E-state index in [0.29, 0.717) is 0 Å². The first-order valence-electron chi connectivity index (χ1n) is 3.57. The normalized spacial score (nSPS) is 10.5. The summed E-state index contributed by atoms with van der Waals surface area (Å²) in [5, 5.41) is 8.41. The molecule has 0 aliphatic heterocycles. The van der Waals surface area contributed by atoms with E-state index in [9.17, 15) is 18.0 Å². The van der Waals surface area contributed by atoms with E-state index in [0.717, 1.165) is 12.3 Å². The van der Waals surface area contributed by atoms with E-state index >= 15 is 0 Å². The van der Waals surface area contributed by atoms with Crippen molar-refractivity contribution < 1.29 is 22.7 Å². The average Bonchev–Trinajstić information content (AvgIpc) is 2.16. The lowest BCUT2D eigenvalue weighted by molar-refractivity contribution is -0.276. The van der Waals surface area contributed by atoms with Crippen molar-refractivity contribution in [2.75, 3.05) is 0 Å². The number of hydrogen-bond acceptors (Lipinski definition) is 4. The van der Waals surface area contributed by atoms with Gasteiger partial charge in [-0.3, -0.25) is 4.79 Å². The van der Waals surface area contributed by atoms with E-state index in [1.165, 1.54) is 0 Å². The zero-order chi connectivity index (χ0) is 11.5. The second kappa shape index (κ2) is 3.96. The SMILES string of the molecule is N#Cc1cnc(OC(F)(F)F)c(C=O)c1. The zero-order valence-electron chi connectivity index (χ0n) is 7.08. The molecule has 0 unspecified atom stereocenters. The van der Waals surface area contributed by atoms with Crippen LogP contribution in [0.4, 0.5) is 13.2 Å². The van der Waals surface area contributed by atoms with Crippen LogP contribution in [0.25, 0.3) is 0 Å². The van der Waals surface area contributed by atoms with Crippen LogP contribution < -0.4 is 4.74 Å². The number of hydrogen-bond donors (Lipinski definition) is 0. The van der Waals surface area contributed by atoms with Crippen LogP contribution in [-0.4, -0.2) is 17.6 Å². The highest BCUT2D eigenvalue weighted by atomic mass is 19.4. The smallest absolute Gasteiger partial charge is 0.387 e. The van der Waals surface area contributed by atoms with Crippen LogP contribution in [0, 0.1) is 11.3 Å². The molecule has 0 bridgehead atoms. The molecule has 78 valence electrons. The highest BCUT2D eigenvalue weighted by molar-refractivity contribution is 5.78. The summed E-state index contributed by atoms with van der Waals surface area (Å²) in [6.07, 6.45) is -3.90. The Hall–Kier alpha value is -2.10. The Morgan fingerprint density at radius 1 is 1.53 bits per heavy atom. The molecule has 1 rings (SSSR count). The van der Waals surface area contributed by atoms with Crippen LogP contribution in [0.3, 0.4) is 0 Å². The number of nitriles is 1. The van der Waals surface area contributed by atoms with Crippen molar-refractivity contribution in [2.24, 2.45) is 0 Å². The lowest BCUT2D eigenvalue weighted by Gasteiger charge is -2.08. The molecule has 1 aromatic heterocycles. The summed E-state index contributed by atoms with van der Waals surface area (Å²) in [5.41, 5.74) is -0.446.